The summed E-state index contributed by atoms with van der Waals surface area (Å²) in [6.45, 7) is 0. The van der Waals surface area contributed by atoms with E-state index >= 15 is 0 Å². The molecule has 1 aromatic rings. The second-order valence-corrected chi connectivity index (χ2v) is 4.72. The van der Waals surface area contributed by atoms with Gasteiger partial charge < -0.3 is 20.3 Å². The lowest BCUT2D eigenvalue weighted by Gasteiger charge is -2.16. The fourth-order valence-corrected chi connectivity index (χ4v) is 2.01. The molecular formula is C13H17NO4. The molecular weight excluding hydrogens is 234 g/mol. The molecule has 1 aliphatic carbocycles. The Bertz CT molecular complexity index is 480. The van der Waals surface area contributed by atoms with Gasteiger partial charge in [0.05, 0.1) is 19.8 Å². The first kappa shape index (κ1) is 12.7. The Morgan fingerprint density at radius 1 is 1.39 bits per heavy atom. The van der Waals surface area contributed by atoms with Gasteiger partial charge in [0.25, 0.3) is 0 Å². The van der Waals surface area contributed by atoms with Crippen molar-refractivity contribution in [3.05, 3.63) is 23.3 Å². The normalized spacial score (nSPS) is 16.2. The van der Waals surface area contributed by atoms with E-state index in [2.05, 4.69) is 0 Å². The highest BCUT2D eigenvalue weighted by molar-refractivity contribution is 5.89. The zero-order chi connectivity index (χ0) is 13.3. The summed E-state index contributed by atoms with van der Waals surface area (Å²) in [6, 6.07) is 3.07. The van der Waals surface area contributed by atoms with E-state index in [0.717, 1.165) is 18.4 Å². The molecule has 0 amide bonds. The Morgan fingerprint density at radius 2 is 2.06 bits per heavy atom. The monoisotopic (exact) mass is 251 g/mol. The molecule has 1 aliphatic rings. The van der Waals surface area contributed by atoms with E-state index in [0.29, 0.717) is 17.9 Å². The summed E-state index contributed by atoms with van der Waals surface area (Å²) in [5, 5.41) is 9.08. The number of hydrogen-bond acceptors (Lipinski definition) is 4. The average Bonchev–Trinajstić information content (AvgIpc) is 3.05. The smallest absolute Gasteiger partial charge is 0.335 e. The first-order valence-electron chi connectivity index (χ1n) is 5.76. The number of carboxylic acid groups (broad SMARTS) is 1. The molecule has 0 bridgehead atoms. The fourth-order valence-electron chi connectivity index (χ4n) is 2.01. The van der Waals surface area contributed by atoms with Crippen molar-refractivity contribution >= 4 is 5.97 Å². The van der Waals surface area contributed by atoms with Gasteiger partial charge in [-0.2, -0.15) is 0 Å². The van der Waals surface area contributed by atoms with Crippen LogP contribution >= 0.6 is 0 Å². The molecule has 0 spiro atoms. The maximum atomic E-state index is 11.1. The number of carboxylic acids is 1. The van der Waals surface area contributed by atoms with Gasteiger partial charge in [0.1, 0.15) is 0 Å². The van der Waals surface area contributed by atoms with Gasteiger partial charge in [-0.05, 0) is 31.4 Å². The predicted molar refractivity (Wildman–Crippen MR) is 66.4 cm³/mol. The van der Waals surface area contributed by atoms with Crippen LogP contribution in [-0.4, -0.2) is 30.8 Å². The number of hydrogen-bond donors (Lipinski definition) is 2. The van der Waals surface area contributed by atoms with Crippen LogP contribution in [0.1, 0.15) is 28.8 Å². The number of benzene rings is 1. The summed E-state index contributed by atoms with van der Waals surface area (Å²) in [7, 11) is 3.03. The standard InChI is InChI=1S/C13H17NO4/c1-17-10-6-8(12(15)16)5-9(11(10)18-2)7-13(14)3-4-13/h5-6H,3-4,7,14H2,1-2H3,(H,15,16). The molecule has 3 N–H and O–H groups in total. The van der Waals surface area contributed by atoms with Crippen LogP contribution in [0, 0.1) is 0 Å². The number of nitrogens with two attached hydrogens (primary N) is 1. The highest BCUT2D eigenvalue weighted by Gasteiger charge is 2.39. The van der Waals surface area contributed by atoms with Crippen molar-refractivity contribution in [2.45, 2.75) is 24.8 Å². The van der Waals surface area contributed by atoms with E-state index in [1.165, 1.54) is 20.3 Å². The minimum Gasteiger partial charge on any atom is -0.493 e. The molecule has 2 rings (SSSR count). The van der Waals surface area contributed by atoms with Gasteiger partial charge in [-0.15, -0.1) is 0 Å². The molecule has 0 unspecified atom stereocenters. The van der Waals surface area contributed by atoms with Gasteiger partial charge >= 0.3 is 5.97 Å². The quantitative estimate of drug-likeness (QED) is 0.827. The number of ether oxygens (including phenoxy) is 2. The van der Waals surface area contributed by atoms with Crippen molar-refractivity contribution in [1.29, 1.82) is 0 Å². The third-order valence-corrected chi connectivity index (χ3v) is 3.24. The lowest BCUT2D eigenvalue weighted by Crippen LogP contribution is -2.25. The first-order valence-corrected chi connectivity index (χ1v) is 5.76. The molecule has 0 atom stereocenters. The number of methoxy groups -OCH3 is 2. The van der Waals surface area contributed by atoms with E-state index in [4.69, 9.17) is 20.3 Å². The Kier molecular flexibility index (Phi) is 3.17. The maximum Gasteiger partial charge on any atom is 0.335 e. The van der Waals surface area contributed by atoms with Crippen LogP contribution < -0.4 is 15.2 Å². The van der Waals surface area contributed by atoms with Crippen LogP contribution in [0.5, 0.6) is 11.5 Å². The van der Waals surface area contributed by atoms with Crippen LogP contribution in [0.4, 0.5) is 0 Å². The van der Waals surface area contributed by atoms with Gasteiger partial charge in [-0.3, -0.25) is 0 Å². The Morgan fingerprint density at radius 3 is 2.50 bits per heavy atom. The fraction of sp³-hybridized carbons (Fsp3) is 0.462. The van der Waals surface area contributed by atoms with Gasteiger partial charge in [0.15, 0.2) is 11.5 Å². The lowest BCUT2D eigenvalue weighted by molar-refractivity contribution is 0.0696. The van der Waals surface area contributed by atoms with Crippen LogP contribution in [-0.2, 0) is 6.42 Å². The Hall–Kier alpha value is -1.75. The van der Waals surface area contributed by atoms with E-state index in [1.807, 2.05) is 0 Å². The lowest BCUT2D eigenvalue weighted by atomic mass is 10.0. The van der Waals surface area contributed by atoms with Crippen molar-refractivity contribution in [1.82, 2.24) is 0 Å². The Balaban J connectivity index is 2.45. The molecule has 0 saturated heterocycles. The average molecular weight is 251 g/mol. The summed E-state index contributed by atoms with van der Waals surface area (Å²) in [4.78, 5) is 11.1. The predicted octanol–water partition coefficient (Wildman–Crippen LogP) is 1.44. The molecule has 5 nitrogen and oxygen atoms in total. The zero-order valence-electron chi connectivity index (χ0n) is 10.5. The summed E-state index contributed by atoms with van der Waals surface area (Å²) in [6.07, 6.45) is 2.51. The molecule has 0 radical (unpaired) electrons. The van der Waals surface area contributed by atoms with Crippen molar-refractivity contribution in [3.63, 3.8) is 0 Å². The largest absolute Gasteiger partial charge is 0.493 e. The number of aromatic carboxylic acids is 1. The van der Waals surface area contributed by atoms with Gasteiger partial charge in [-0.1, -0.05) is 0 Å². The number of carbonyl (C=O) groups is 1. The maximum absolute atomic E-state index is 11.1. The van der Waals surface area contributed by atoms with E-state index in [-0.39, 0.29) is 11.1 Å². The van der Waals surface area contributed by atoms with E-state index in [9.17, 15) is 4.79 Å². The van der Waals surface area contributed by atoms with E-state index in [1.54, 1.807) is 6.07 Å². The summed E-state index contributed by atoms with van der Waals surface area (Å²) >= 11 is 0. The molecule has 1 saturated carbocycles. The third kappa shape index (κ3) is 2.41. The van der Waals surface area contributed by atoms with E-state index < -0.39 is 5.97 Å². The minimum absolute atomic E-state index is 0.187. The molecule has 98 valence electrons. The van der Waals surface area contributed by atoms with Gasteiger partial charge in [-0.25, -0.2) is 4.79 Å². The SMILES string of the molecule is COc1cc(C(=O)O)cc(CC2(N)CC2)c1OC. The van der Waals surface area contributed by atoms with Crippen LogP contribution in [0.15, 0.2) is 12.1 Å². The summed E-state index contributed by atoms with van der Waals surface area (Å²) < 4.78 is 10.5. The van der Waals surface area contributed by atoms with Gasteiger partial charge in [0.2, 0.25) is 0 Å². The molecule has 18 heavy (non-hydrogen) atoms. The highest BCUT2D eigenvalue weighted by atomic mass is 16.5. The third-order valence-electron chi connectivity index (χ3n) is 3.24. The first-order chi connectivity index (χ1) is 8.49. The van der Waals surface area contributed by atoms with Crippen molar-refractivity contribution in [2.75, 3.05) is 14.2 Å². The molecule has 1 aromatic carbocycles. The van der Waals surface area contributed by atoms with Crippen LogP contribution in [0.25, 0.3) is 0 Å². The summed E-state index contributed by atoms with van der Waals surface area (Å²) in [5.74, 6) is 0.00921. The van der Waals surface area contributed by atoms with Crippen LogP contribution in [0.3, 0.4) is 0 Å². The molecule has 5 heteroatoms. The van der Waals surface area contributed by atoms with Crippen molar-refractivity contribution < 1.29 is 19.4 Å². The zero-order valence-corrected chi connectivity index (χ0v) is 10.5. The summed E-state index contributed by atoms with van der Waals surface area (Å²) in [5.41, 5.74) is 6.84. The molecule has 1 fully saturated rings. The van der Waals surface area contributed by atoms with Crippen LogP contribution in [0.2, 0.25) is 0 Å². The van der Waals surface area contributed by atoms with Crippen molar-refractivity contribution in [2.24, 2.45) is 5.73 Å². The molecule has 0 aromatic heterocycles. The Labute approximate surface area is 106 Å². The topological polar surface area (TPSA) is 81.8 Å². The minimum atomic E-state index is -0.987. The second kappa shape index (κ2) is 4.49. The van der Waals surface area contributed by atoms with Crippen molar-refractivity contribution in [3.8, 4) is 11.5 Å². The second-order valence-electron chi connectivity index (χ2n) is 4.72. The highest BCUT2D eigenvalue weighted by Crippen LogP contribution is 2.41. The molecule has 0 aliphatic heterocycles. The molecule has 0 heterocycles. The number of rotatable bonds is 5. The van der Waals surface area contributed by atoms with Gasteiger partial charge in [0, 0.05) is 11.1 Å².